The summed E-state index contributed by atoms with van der Waals surface area (Å²) >= 11 is 0. The smallest absolute Gasteiger partial charge is 0.143 e. The molecule has 1 aliphatic heterocycles. The van der Waals surface area contributed by atoms with Gasteiger partial charge in [-0.15, -0.1) is 0 Å². The summed E-state index contributed by atoms with van der Waals surface area (Å²) in [6, 6.07) is 3.39. The first-order chi connectivity index (χ1) is 6.31. The first-order valence-electron chi connectivity index (χ1n) is 4.22. The normalized spacial score (nSPS) is 25.9. The standard InChI is InChI=1S/C9H11N3O/c10-7-4-6-2-1-3-11-9(6)12-8(7)5-13/h1-3,5,7-8H,4,10H2,(H,11,12)/t7-,8?/m0/s1. The Balaban J connectivity index is 2.32. The van der Waals surface area contributed by atoms with Crippen molar-refractivity contribution in [2.24, 2.45) is 5.73 Å². The molecule has 0 fully saturated rings. The van der Waals surface area contributed by atoms with Crippen molar-refractivity contribution in [1.29, 1.82) is 0 Å². The molecule has 2 atom stereocenters. The molecule has 68 valence electrons. The molecule has 0 saturated heterocycles. The van der Waals surface area contributed by atoms with Gasteiger partial charge in [0.25, 0.3) is 0 Å². The van der Waals surface area contributed by atoms with Crippen molar-refractivity contribution in [3.8, 4) is 0 Å². The highest BCUT2D eigenvalue weighted by Crippen LogP contribution is 2.20. The Bertz CT molecular complexity index is 326. The molecule has 1 aromatic heterocycles. The molecule has 0 bridgehead atoms. The Labute approximate surface area is 76.2 Å². The molecule has 0 spiro atoms. The molecule has 1 aromatic rings. The molecular weight excluding hydrogens is 166 g/mol. The third-order valence-corrected chi connectivity index (χ3v) is 2.26. The number of hydrogen-bond donors (Lipinski definition) is 2. The van der Waals surface area contributed by atoms with Crippen molar-refractivity contribution in [3.63, 3.8) is 0 Å². The van der Waals surface area contributed by atoms with E-state index in [2.05, 4.69) is 10.3 Å². The van der Waals surface area contributed by atoms with Crippen molar-refractivity contribution in [2.75, 3.05) is 5.32 Å². The van der Waals surface area contributed by atoms with Gasteiger partial charge >= 0.3 is 0 Å². The van der Waals surface area contributed by atoms with E-state index in [0.717, 1.165) is 17.7 Å². The molecule has 2 heterocycles. The number of aldehydes is 1. The van der Waals surface area contributed by atoms with Crippen molar-refractivity contribution < 1.29 is 4.79 Å². The molecule has 1 aliphatic rings. The number of fused-ring (bicyclic) bond motifs is 1. The number of carbonyl (C=O) groups is 1. The SMILES string of the molecule is N[C@H]1Cc2cccnc2NC1C=O. The van der Waals surface area contributed by atoms with Crippen LogP contribution in [0.15, 0.2) is 18.3 Å². The Morgan fingerprint density at radius 2 is 2.54 bits per heavy atom. The van der Waals surface area contributed by atoms with Gasteiger partial charge in [-0.05, 0) is 18.1 Å². The highest BCUT2D eigenvalue weighted by atomic mass is 16.1. The van der Waals surface area contributed by atoms with Gasteiger partial charge in [0.2, 0.25) is 0 Å². The predicted octanol–water partition coefficient (Wildman–Crippen LogP) is -0.0556. The number of carbonyl (C=O) groups excluding carboxylic acids is 1. The Morgan fingerprint density at radius 1 is 1.69 bits per heavy atom. The molecule has 13 heavy (non-hydrogen) atoms. The maximum atomic E-state index is 10.6. The van der Waals surface area contributed by atoms with E-state index in [9.17, 15) is 4.79 Å². The van der Waals surface area contributed by atoms with Crippen LogP contribution in [0.4, 0.5) is 5.82 Å². The van der Waals surface area contributed by atoms with Crippen LogP contribution in [0.5, 0.6) is 0 Å². The third kappa shape index (κ3) is 1.40. The molecule has 2 rings (SSSR count). The number of nitrogens with two attached hydrogens (primary N) is 1. The van der Waals surface area contributed by atoms with Crippen molar-refractivity contribution in [1.82, 2.24) is 4.98 Å². The number of nitrogens with zero attached hydrogens (tertiary/aromatic N) is 1. The van der Waals surface area contributed by atoms with Gasteiger partial charge in [0.05, 0.1) is 6.04 Å². The van der Waals surface area contributed by atoms with E-state index in [1.54, 1.807) is 6.20 Å². The Morgan fingerprint density at radius 3 is 3.31 bits per heavy atom. The first-order valence-corrected chi connectivity index (χ1v) is 4.22. The minimum Gasteiger partial charge on any atom is -0.359 e. The topological polar surface area (TPSA) is 68.0 Å². The summed E-state index contributed by atoms with van der Waals surface area (Å²) < 4.78 is 0. The predicted molar refractivity (Wildman–Crippen MR) is 49.4 cm³/mol. The van der Waals surface area contributed by atoms with Crippen molar-refractivity contribution in [3.05, 3.63) is 23.9 Å². The minimum absolute atomic E-state index is 0.144. The zero-order valence-corrected chi connectivity index (χ0v) is 7.10. The van der Waals surface area contributed by atoms with Crippen LogP contribution >= 0.6 is 0 Å². The second-order valence-corrected chi connectivity index (χ2v) is 3.19. The van der Waals surface area contributed by atoms with Gasteiger partial charge in [-0.2, -0.15) is 0 Å². The van der Waals surface area contributed by atoms with E-state index in [-0.39, 0.29) is 12.1 Å². The molecule has 0 amide bonds. The number of anilines is 1. The molecule has 3 N–H and O–H groups in total. The van der Waals surface area contributed by atoms with Crippen molar-refractivity contribution in [2.45, 2.75) is 18.5 Å². The molecule has 0 aliphatic carbocycles. The maximum Gasteiger partial charge on any atom is 0.143 e. The second kappa shape index (κ2) is 3.14. The van der Waals surface area contributed by atoms with Gasteiger partial charge in [-0.25, -0.2) is 4.98 Å². The van der Waals surface area contributed by atoms with Gasteiger partial charge in [0.1, 0.15) is 12.1 Å². The number of aromatic nitrogens is 1. The minimum atomic E-state index is -0.303. The highest BCUT2D eigenvalue weighted by Gasteiger charge is 2.24. The highest BCUT2D eigenvalue weighted by molar-refractivity contribution is 5.67. The summed E-state index contributed by atoms with van der Waals surface area (Å²) in [6.45, 7) is 0. The maximum absolute atomic E-state index is 10.6. The lowest BCUT2D eigenvalue weighted by Gasteiger charge is -2.27. The monoisotopic (exact) mass is 177 g/mol. The lowest BCUT2D eigenvalue weighted by molar-refractivity contribution is -0.108. The molecule has 1 unspecified atom stereocenters. The van der Waals surface area contributed by atoms with Crippen LogP contribution in [-0.4, -0.2) is 23.4 Å². The molecule has 0 saturated carbocycles. The van der Waals surface area contributed by atoms with Crippen LogP contribution in [0.2, 0.25) is 0 Å². The van der Waals surface area contributed by atoms with E-state index >= 15 is 0 Å². The van der Waals surface area contributed by atoms with Gasteiger partial charge in [-0.3, -0.25) is 0 Å². The van der Waals surface area contributed by atoms with Crippen LogP contribution in [0.25, 0.3) is 0 Å². The lowest BCUT2D eigenvalue weighted by Crippen LogP contribution is -2.46. The Kier molecular flexibility index (Phi) is 1.98. The first kappa shape index (κ1) is 8.19. The number of rotatable bonds is 1. The van der Waals surface area contributed by atoms with E-state index in [1.807, 2.05) is 12.1 Å². The number of nitrogens with one attached hydrogen (secondary N) is 1. The van der Waals surface area contributed by atoms with Crippen LogP contribution in [0.3, 0.4) is 0 Å². The van der Waals surface area contributed by atoms with E-state index in [4.69, 9.17) is 5.73 Å². The summed E-state index contributed by atoms with van der Waals surface area (Å²) in [7, 11) is 0. The fourth-order valence-corrected chi connectivity index (χ4v) is 1.51. The second-order valence-electron chi connectivity index (χ2n) is 3.19. The molecule has 0 aromatic carbocycles. The Hall–Kier alpha value is -1.42. The van der Waals surface area contributed by atoms with Crippen LogP contribution in [0, 0.1) is 0 Å². The van der Waals surface area contributed by atoms with Gasteiger partial charge < -0.3 is 15.8 Å². The van der Waals surface area contributed by atoms with Crippen LogP contribution in [-0.2, 0) is 11.2 Å². The largest absolute Gasteiger partial charge is 0.359 e. The molecule has 4 heteroatoms. The quantitative estimate of drug-likeness (QED) is 0.590. The molecule has 4 nitrogen and oxygen atoms in total. The van der Waals surface area contributed by atoms with Gasteiger partial charge in [0, 0.05) is 12.2 Å². The van der Waals surface area contributed by atoms with Gasteiger partial charge in [-0.1, -0.05) is 6.07 Å². The summed E-state index contributed by atoms with van der Waals surface area (Å²) in [6.07, 6.45) is 3.24. The van der Waals surface area contributed by atoms with Crippen LogP contribution < -0.4 is 11.1 Å². The average Bonchev–Trinajstić information content (AvgIpc) is 2.17. The van der Waals surface area contributed by atoms with E-state index < -0.39 is 0 Å². The van der Waals surface area contributed by atoms with E-state index in [1.165, 1.54) is 0 Å². The summed E-state index contributed by atoms with van der Waals surface area (Å²) in [5, 5.41) is 2.99. The number of hydrogen-bond acceptors (Lipinski definition) is 4. The van der Waals surface area contributed by atoms with Crippen molar-refractivity contribution >= 4 is 12.1 Å². The number of pyridine rings is 1. The summed E-state index contributed by atoms with van der Waals surface area (Å²) in [4.78, 5) is 14.7. The van der Waals surface area contributed by atoms with Crippen LogP contribution in [0.1, 0.15) is 5.56 Å². The van der Waals surface area contributed by atoms with E-state index in [0.29, 0.717) is 6.42 Å². The zero-order chi connectivity index (χ0) is 9.26. The average molecular weight is 177 g/mol. The fourth-order valence-electron chi connectivity index (χ4n) is 1.51. The zero-order valence-electron chi connectivity index (χ0n) is 7.10. The summed E-state index contributed by atoms with van der Waals surface area (Å²) in [5.74, 6) is 0.779. The summed E-state index contributed by atoms with van der Waals surface area (Å²) in [5.41, 5.74) is 6.86. The molecule has 0 radical (unpaired) electrons. The third-order valence-electron chi connectivity index (χ3n) is 2.26. The van der Waals surface area contributed by atoms with Gasteiger partial charge in [0.15, 0.2) is 0 Å². The lowest BCUT2D eigenvalue weighted by atomic mass is 9.97. The molecular formula is C9H11N3O. The fraction of sp³-hybridized carbons (Fsp3) is 0.333.